The third-order valence-corrected chi connectivity index (χ3v) is 6.85. The molecule has 1 saturated heterocycles. The van der Waals surface area contributed by atoms with Crippen molar-refractivity contribution in [2.75, 3.05) is 55.3 Å². The van der Waals surface area contributed by atoms with Gasteiger partial charge < -0.3 is 26.4 Å². The number of benzene rings is 2. The molecule has 0 atom stereocenters. The Morgan fingerprint density at radius 2 is 1.74 bits per heavy atom. The molecule has 2 heterocycles. The smallest absolute Gasteiger partial charge is 0.323 e. The number of hydrogen-bond donors (Lipinski definition) is 5. The molecule has 0 radical (unpaired) electrons. The van der Waals surface area contributed by atoms with Gasteiger partial charge in [-0.1, -0.05) is 24.3 Å². The first-order chi connectivity index (χ1) is 18.4. The number of amides is 5. The molecule has 5 amide bonds. The minimum absolute atomic E-state index is 0.118. The molecule has 0 unspecified atom stereocenters. The van der Waals surface area contributed by atoms with Crippen LogP contribution >= 0.6 is 11.5 Å². The number of nitrogens with two attached hydrogens (primary N) is 1. The van der Waals surface area contributed by atoms with Crippen LogP contribution in [0.2, 0.25) is 0 Å². The summed E-state index contributed by atoms with van der Waals surface area (Å²) in [6.45, 7) is 6.47. The van der Waals surface area contributed by atoms with Crippen LogP contribution in [0.5, 0.6) is 0 Å². The highest BCUT2D eigenvalue weighted by Crippen LogP contribution is 2.36. The van der Waals surface area contributed by atoms with Gasteiger partial charge in [0.05, 0.1) is 18.1 Å². The molecule has 12 heteroatoms. The average Bonchev–Trinajstić information content (AvgIpc) is 3.31. The van der Waals surface area contributed by atoms with Gasteiger partial charge in [0.1, 0.15) is 5.56 Å². The fraction of sp³-hybridized carbons (Fsp3) is 0.308. The predicted octanol–water partition coefficient (Wildman–Crippen LogP) is 3.71. The zero-order valence-electron chi connectivity index (χ0n) is 21.1. The van der Waals surface area contributed by atoms with E-state index in [1.54, 1.807) is 30.3 Å². The van der Waals surface area contributed by atoms with Crippen LogP contribution in [0.1, 0.15) is 22.3 Å². The van der Waals surface area contributed by atoms with E-state index in [0.29, 0.717) is 22.8 Å². The summed E-state index contributed by atoms with van der Waals surface area (Å²) < 4.78 is 9.62. The van der Waals surface area contributed by atoms with Crippen molar-refractivity contribution >= 4 is 46.7 Å². The lowest BCUT2D eigenvalue weighted by molar-refractivity contribution is 0.0375. The number of rotatable bonds is 9. The van der Waals surface area contributed by atoms with Gasteiger partial charge in [-0.2, -0.15) is 4.37 Å². The zero-order valence-corrected chi connectivity index (χ0v) is 21.9. The number of para-hydroxylation sites is 1. The Balaban J connectivity index is 1.37. The summed E-state index contributed by atoms with van der Waals surface area (Å²) in [6.07, 6.45) is 0.793. The highest BCUT2D eigenvalue weighted by Gasteiger charge is 2.23. The summed E-state index contributed by atoms with van der Waals surface area (Å²) in [7, 11) is 0. The van der Waals surface area contributed by atoms with Crippen LogP contribution in [0.4, 0.5) is 26.8 Å². The summed E-state index contributed by atoms with van der Waals surface area (Å²) >= 11 is 1.07. The number of carbonyl (C=O) groups excluding carboxylic acids is 3. The number of hydrogen-bond acceptors (Lipinski definition) is 7. The van der Waals surface area contributed by atoms with Gasteiger partial charge in [-0.25, -0.2) is 9.59 Å². The van der Waals surface area contributed by atoms with Gasteiger partial charge in [-0.05, 0) is 66.8 Å². The molecule has 0 saturated carbocycles. The molecule has 0 spiro atoms. The molecule has 6 N–H and O–H groups in total. The van der Waals surface area contributed by atoms with Gasteiger partial charge in [0.15, 0.2) is 5.82 Å². The van der Waals surface area contributed by atoms with E-state index in [2.05, 4.69) is 30.5 Å². The Morgan fingerprint density at radius 3 is 2.45 bits per heavy atom. The second kappa shape index (κ2) is 13.0. The maximum atomic E-state index is 12.4. The topological polar surface area (TPSA) is 151 Å². The summed E-state index contributed by atoms with van der Waals surface area (Å²) in [4.78, 5) is 39.9. The summed E-state index contributed by atoms with van der Waals surface area (Å²) in [5.74, 6) is -0.577. The lowest BCUT2D eigenvalue weighted by Crippen LogP contribution is -2.38. The quantitative estimate of drug-likeness (QED) is 0.263. The van der Waals surface area contributed by atoms with Gasteiger partial charge in [-0.15, -0.1) is 0 Å². The molecule has 0 aliphatic carbocycles. The summed E-state index contributed by atoms with van der Waals surface area (Å²) in [5.41, 5.74) is 8.60. The van der Waals surface area contributed by atoms with Crippen molar-refractivity contribution in [3.8, 4) is 10.4 Å². The van der Waals surface area contributed by atoms with E-state index in [1.165, 1.54) is 0 Å². The number of nitrogens with zero attached hydrogens (tertiary/aromatic N) is 2. The number of primary amides is 1. The Kier molecular flexibility index (Phi) is 9.25. The van der Waals surface area contributed by atoms with Crippen LogP contribution in [0, 0.1) is 6.92 Å². The number of carbonyl (C=O) groups is 3. The van der Waals surface area contributed by atoms with Gasteiger partial charge in [0, 0.05) is 31.0 Å². The van der Waals surface area contributed by atoms with E-state index < -0.39 is 11.9 Å². The van der Waals surface area contributed by atoms with E-state index in [9.17, 15) is 14.4 Å². The molecule has 11 nitrogen and oxygen atoms in total. The van der Waals surface area contributed by atoms with Crippen LogP contribution in [0.15, 0.2) is 48.5 Å². The standard InChI is InChI=1S/C26H31N7O4S/c1-17-16-19(30-26(36)29-18-6-3-2-4-7-18)8-9-20(17)22-21(23(27)34)24(32-38-22)31-25(35)28-10-5-11-33-12-14-37-15-13-33/h2-4,6-9,16H,5,10-15H2,1H3,(H2,27,34)(H2,29,30,36)(H2,28,31,32,35). The van der Waals surface area contributed by atoms with Crippen molar-refractivity contribution in [2.24, 2.45) is 5.73 Å². The van der Waals surface area contributed by atoms with E-state index in [1.807, 2.05) is 25.1 Å². The maximum absolute atomic E-state index is 12.4. The first-order valence-electron chi connectivity index (χ1n) is 12.3. The van der Waals surface area contributed by atoms with Crippen molar-refractivity contribution in [3.05, 3.63) is 59.7 Å². The molecule has 38 heavy (non-hydrogen) atoms. The molecule has 2 aromatic carbocycles. The van der Waals surface area contributed by atoms with Crippen molar-refractivity contribution < 1.29 is 19.1 Å². The van der Waals surface area contributed by atoms with Gasteiger partial charge in [0.2, 0.25) is 0 Å². The Hall–Kier alpha value is -4.00. The molecular weight excluding hydrogens is 506 g/mol. The SMILES string of the molecule is Cc1cc(NC(=O)Nc2ccccc2)ccc1-c1snc(NC(=O)NCCCN2CCOCC2)c1C(N)=O. The number of morpholine rings is 1. The normalized spacial score (nSPS) is 13.5. The van der Waals surface area contributed by atoms with Crippen molar-refractivity contribution in [1.29, 1.82) is 0 Å². The number of aromatic nitrogens is 1. The van der Waals surface area contributed by atoms with Gasteiger partial charge in [0.25, 0.3) is 5.91 Å². The minimum Gasteiger partial charge on any atom is -0.379 e. The second-order valence-corrected chi connectivity index (χ2v) is 9.54. The first kappa shape index (κ1) is 27.0. The molecule has 1 aliphatic heterocycles. The van der Waals surface area contributed by atoms with E-state index in [-0.39, 0.29) is 17.4 Å². The van der Waals surface area contributed by atoms with Crippen LogP contribution in [0.25, 0.3) is 10.4 Å². The molecule has 3 aromatic rings. The van der Waals surface area contributed by atoms with Crippen molar-refractivity contribution in [1.82, 2.24) is 14.6 Å². The third kappa shape index (κ3) is 7.28. The predicted molar refractivity (Wildman–Crippen MR) is 149 cm³/mol. The molecule has 200 valence electrons. The molecule has 1 aromatic heterocycles. The van der Waals surface area contributed by atoms with E-state index in [4.69, 9.17) is 10.5 Å². The van der Waals surface area contributed by atoms with Gasteiger partial charge in [-0.3, -0.25) is 15.0 Å². The molecule has 1 aliphatic rings. The fourth-order valence-electron chi connectivity index (χ4n) is 4.08. The van der Waals surface area contributed by atoms with Gasteiger partial charge >= 0.3 is 12.1 Å². The summed E-state index contributed by atoms with van der Waals surface area (Å²) in [6, 6.07) is 13.6. The number of aryl methyl sites for hydroxylation is 1. The summed E-state index contributed by atoms with van der Waals surface area (Å²) in [5, 5.41) is 11.0. The minimum atomic E-state index is -0.694. The Labute approximate surface area is 224 Å². The largest absolute Gasteiger partial charge is 0.379 e. The van der Waals surface area contributed by atoms with Crippen LogP contribution in [-0.2, 0) is 4.74 Å². The average molecular weight is 538 g/mol. The second-order valence-electron chi connectivity index (χ2n) is 8.76. The monoisotopic (exact) mass is 537 g/mol. The number of anilines is 3. The van der Waals surface area contributed by atoms with E-state index >= 15 is 0 Å². The number of nitrogens with one attached hydrogen (secondary N) is 4. The molecular formula is C26H31N7O4S. The first-order valence-corrected chi connectivity index (χ1v) is 13.1. The molecule has 4 rings (SSSR count). The van der Waals surface area contributed by atoms with Crippen LogP contribution < -0.4 is 27.0 Å². The van der Waals surface area contributed by atoms with E-state index in [0.717, 1.165) is 61.9 Å². The lowest BCUT2D eigenvalue weighted by atomic mass is 10.0. The van der Waals surface area contributed by atoms with Crippen molar-refractivity contribution in [3.63, 3.8) is 0 Å². The van der Waals surface area contributed by atoms with Crippen molar-refractivity contribution in [2.45, 2.75) is 13.3 Å². The molecule has 0 bridgehead atoms. The lowest BCUT2D eigenvalue weighted by Gasteiger charge is -2.26. The fourth-order valence-corrected chi connectivity index (χ4v) is 5.02. The number of urea groups is 2. The maximum Gasteiger partial charge on any atom is 0.323 e. The highest BCUT2D eigenvalue weighted by atomic mass is 32.1. The Bertz CT molecular complexity index is 1280. The van der Waals surface area contributed by atoms with Crippen LogP contribution in [0.3, 0.4) is 0 Å². The third-order valence-electron chi connectivity index (χ3n) is 5.97. The van der Waals surface area contributed by atoms with Crippen LogP contribution in [-0.4, -0.2) is 66.6 Å². The Morgan fingerprint density at radius 1 is 1.00 bits per heavy atom. The molecule has 1 fully saturated rings. The highest BCUT2D eigenvalue weighted by molar-refractivity contribution is 7.10. The number of ether oxygens (including phenoxy) is 1. The zero-order chi connectivity index (χ0) is 26.9.